The molecule has 0 radical (unpaired) electrons. The molecule has 0 amide bonds. The summed E-state index contributed by atoms with van der Waals surface area (Å²) < 4.78 is 0. The molecule has 12 nitrogen and oxygen atoms in total. The average Bonchev–Trinajstić information content (AvgIpc) is 0.717. The molecule has 0 saturated heterocycles. The monoisotopic (exact) mass is 1750 g/mol. The van der Waals surface area contributed by atoms with Gasteiger partial charge in [0, 0.05) is 129 Å². The van der Waals surface area contributed by atoms with Crippen LogP contribution in [-0.4, -0.2) is 59.8 Å². The summed E-state index contributed by atoms with van der Waals surface area (Å²) in [7, 11) is 0. The molecule has 136 heavy (non-hydrogen) atoms. The van der Waals surface area contributed by atoms with Crippen LogP contribution in [0.5, 0.6) is 0 Å². The zero-order valence-electron chi connectivity index (χ0n) is 76.9. The molecule has 0 saturated carbocycles. The predicted molar refractivity (Wildman–Crippen MR) is 559 cm³/mol. The Morgan fingerprint density at radius 3 is 0.728 bits per heavy atom. The van der Waals surface area contributed by atoms with Crippen LogP contribution in [0.3, 0.4) is 0 Å². The molecule has 9 aromatic heterocycles. The fourth-order valence-corrected chi connectivity index (χ4v) is 18.0. The van der Waals surface area contributed by atoms with Gasteiger partial charge in [-0.3, -0.25) is 29.9 Å². The summed E-state index contributed by atoms with van der Waals surface area (Å²) in [6.45, 7) is 18.0. The maximum Gasteiger partial charge on any atom is 0.0982 e. The zero-order valence-corrected chi connectivity index (χ0v) is 76.9. The molecule has 0 unspecified atom stereocenters. The third-order valence-electron chi connectivity index (χ3n) is 24.9. The topological polar surface area (TPSA) is 155 Å². The van der Waals surface area contributed by atoms with E-state index in [1.165, 1.54) is 11.1 Å². The van der Waals surface area contributed by atoms with E-state index in [9.17, 15) is 0 Å². The second-order valence-corrected chi connectivity index (χ2v) is 36.1. The van der Waals surface area contributed by atoms with E-state index in [2.05, 4.69) is 364 Å². The predicted octanol–water partition coefficient (Wildman–Crippen LogP) is 31.1. The fourth-order valence-electron chi connectivity index (χ4n) is 18.0. The Morgan fingerprint density at radius 2 is 0.441 bits per heavy atom. The molecule has 22 aromatic rings. The van der Waals surface area contributed by atoms with Crippen LogP contribution in [0.1, 0.15) is 63.8 Å². The van der Waals surface area contributed by atoms with Gasteiger partial charge in [-0.05, 0) is 199 Å². The summed E-state index contributed by atoms with van der Waals surface area (Å²) in [6.07, 6.45) is 18.3. The van der Waals surface area contributed by atoms with Crippen molar-refractivity contribution in [3.63, 3.8) is 0 Å². The second kappa shape index (κ2) is 38.3. The Labute approximate surface area is 793 Å². The molecule has 22 rings (SSSR count). The molecule has 0 bridgehead atoms. The number of hydrogen-bond acceptors (Lipinski definition) is 12. The van der Waals surface area contributed by atoms with E-state index in [0.717, 1.165) is 223 Å². The highest BCUT2D eigenvalue weighted by atomic mass is 14.9. The fraction of sp³-hybridized carbons (Fsp3) is 0.0806. The van der Waals surface area contributed by atoms with Crippen LogP contribution in [0.2, 0.25) is 0 Å². The van der Waals surface area contributed by atoms with Crippen molar-refractivity contribution in [2.75, 3.05) is 0 Å². The Hall–Kier alpha value is -17.2. The first kappa shape index (κ1) is 86.8. The number of pyridine rings is 6. The number of hydrogen-bond donors (Lipinski definition) is 0. The molecule has 0 aliphatic heterocycles. The van der Waals surface area contributed by atoms with Gasteiger partial charge in [0.2, 0.25) is 0 Å². The minimum absolute atomic E-state index is 0.0215. The first-order chi connectivity index (χ1) is 66.5. The molecule has 12 heteroatoms. The summed E-state index contributed by atoms with van der Waals surface area (Å²) in [5.41, 5.74) is 43.0. The molecule has 13 aromatic carbocycles. The molecule has 0 spiro atoms. The lowest BCUT2D eigenvalue weighted by molar-refractivity contribution is 0.531. The summed E-state index contributed by atoms with van der Waals surface area (Å²) in [6, 6.07) is 130. The van der Waals surface area contributed by atoms with Crippen molar-refractivity contribution in [2.45, 2.75) is 66.2 Å². The molecular weight excluding hydrogens is 1660 g/mol. The molecule has 0 fully saturated rings. The van der Waals surface area contributed by atoms with Gasteiger partial charge >= 0.3 is 0 Å². The minimum atomic E-state index is -0.0215. The van der Waals surface area contributed by atoms with Crippen molar-refractivity contribution in [2.24, 2.45) is 0 Å². The van der Waals surface area contributed by atoms with Crippen molar-refractivity contribution < 1.29 is 0 Å². The Kier molecular flexibility index (Phi) is 24.4. The summed E-state index contributed by atoms with van der Waals surface area (Å²) in [5, 5.41) is 0. The number of fused-ring (bicyclic) bond motifs is 3. The second-order valence-electron chi connectivity index (χ2n) is 36.1. The SMILES string of the molecule is CC(C)(C)c1cc2nc(-c3ccc(-c4ccncc4)cc3)c(-c3ccc(-c4ccncc4)cc3)nc2cc1C(C)(C)C.Cc1cc(-c2ccccc2)c2nc(-c3ccc(-c4ccccn4)cc3)c(-c3ccc(-c4ccccn4)cc3)nc2c1-c1ccccc1.Cc1cc(-c2ccccc2)c2nc(-c3ccc(-c4cccnc4)cc3)c(-c3ccc(-c4cccnc4)cc3)nc2c1-c1ccccc1. The van der Waals surface area contributed by atoms with Crippen molar-refractivity contribution in [1.29, 1.82) is 0 Å². The number of aromatic nitrogens is 12. The van der Waals surface area contributed by atoms with Crippen LogP contribution in [0, 0.1) is 13.8 Å². The summed E-state index contributed by atoms with van der Waals surface area (Å²) in [4.78, 5) is 58.8. The van der Waals surface area contributed by atoms with Gasteiger partial charge in [0.1, 0.15) is 0 Å². The molecule has 0 N–H and O–H groups in total. The standard InChI is InChI=1S/2C43H30N4.C38H36N4/c1-29-28-36(30-12-4-2-5-13-30)42-43(39(29)33-14-6-3-7-15-33)47-41(35-24-20-32(21-25-35)38-17-9-11-27-45-38)40(46-42)34-22-18-31(19-23-34)37-16-8-10-26-44-37;1-29-26-38(32-10-4-2-5-11-32)42-43(39(29)33-12-6-3-7-13-33)47-41(35-22-18-31(19-23-35)37-15-9-25-45-28-37)40(46-42)34-20-16-30(17-21-34)36-14-8-24-44-27-36;1-37(2,3)31-23-33-34(24-32(31)38(4,5)6)42-36(30-13-9-26(10-14-30)28-17-21-40-22-18-28)35(41-33)29-11-7-25(8-12-29)27-15-19-39-20-16-27/h2*2-28H,1H3;7-24H,1-6H3. The lowest BCUT2D eigenvalue weighted by Gasteiger charge is -2.30. The Balaban J connectivity index is 0.000000126. The zero-order chi connectivity index (χ0) is 92.6. The molecule has 9 heterocycles. The van der Waals surface area contributed by atoms with Gasteiger partial charge in [0.05, 0.1) is 78.7 Å². The van der Waals surface area contributed by atoms with Crippen LogP contribution in [-0.2, 0) is 10.8 Å². The molecule has 0 atom stereocenters. The quantitative estimate of drug-likeness (QED) is 0.0904. The third-order valence-corrected chi connectivity index (χ3v) is 24.9. The van der Waals surface area contributed by atoms with Crippen molar-refractivity contribution in [1.82, 2.24) is 59.8 Å². The van der Waals surface area contributed by atoms with E-state index in [1.54, 1.807) is 12.4 Å². The van der Waals surface area contributed by atoms with Gasteiger partial charge < -0.3 is 0 Å². The van der Waals surface area contributed by atoms with Gasteiger partial charge in [-0.15, -0.1) is 0 Å². The lowest BCUT2D eigenvalue weighted by atomic mass is 9.75. The van der Waals surface area contributed by atoms with Gasteiger partial charge in [-0.2, -0.15) is 0 Å². The summed E-state index contributed by atoms with van der Waals surface area (Å²) >= 11 is 0. The van der Waals surface area contributed by atoms with Crippen LogP contribution in [0.25, 0.3) is 212 Å². The van der Waals surface area contributed by atoms with Crippen LogP contribution in [0.4, 0.5) is 0 Å². The maximum atomic E-state index is 5.54. The van der Waals surface area contributed by atoms with Crippen molar-refractivity contribution in [3.8, 4) is 179 Å². The first-order valence-electron chi connectivity index (χ1n) is 45.9. The van der Waals surface area contributed by atoms with E-state index >= 15 is 0 Å². The molecule has 0 aliphatic rings. The maximum absolute atomic E-state index is 5.54. The molecule has 0 aliphatic carbocycles. The normalized spacial score (nSPS) is 11.4. The molecular formula is C124H96N12. The number of rotatable bonds is 16. The average molecular weight is 1750 g/mol. The van der Waals surface area contributed by atoms with E-state index in [4.69, 9.17) is 29.9 Å². The largest absolute Gasteiger partial charge is 0.265 e. The molecule has 652 valence electrons. The highest BCUT2D eigenvalue weighted by Crippen LogP contribution is 2.46. The first-order valence-corrected chi connectivity index (χ1v) is 45.9. The highest BCUT2D eigenvalue weighted by Gasteiger charge is 2.29. The third kappa shape index (κ3) is 18.5. The smallest absolute Gasteiger partial charge is 0.0982 e. The van der Waals surface area contributed by atoms with E-state index < -0.39 is 0 Å². The number of aryl methyl sites for hydroxylation is 2. The Morgan fingerprint density at radius 1 is 0.184 bits per heavy atom. The van der Waals surface area contributed by atoms with Crippen LogP contribution in [0.15, 0.2) is 438 Å². The lowest BCUT2D eigenvalue weighted by Crippen LogP contribution is -2.22. The summed E-state index contributed by atoms with van der Waals surface area (Å²) in [5.74, 6) is 0. The Bertz CT molecular complexity index is 7490. The van der Waals surface area contributed by atoms with Crippen molar-refractivity contribution >= 4 is 33.1 Å². The van der Waals surface area contributed by atoms with Gasteiger partial charge in [0.15, 0.2) is 0 Å². The van der Waals surface area contributed by atoms with E-state index in [0.29, 0.717) is 0 Å². The highest BCUT2D eigenvalue weighted by molar-refractivity contribution is 6.06. The van der Waals surface area contributed by atoms with Crippen molar-refractivity contribution in [3.05, 3.63) is 460 Å². The number of benzene rings is 13. The van der Waals surface area contributed by atoms with Gasteiger partial charge in [0.25, 0.3) is 0 Å². The van der Waals surface area contributed by atoms with Gasteiger partial charge in [-0.1, -0.05) is 333 Å². The van der Waals surface area contributed by atoms with E-state index in [-0.39, 0.29) is 10.8 Å². The van der Waals surface area contributed by atoms with Crippen LogP contribution < -0.4 is 0 Å². The van der Waals surface area contributed by atoms with Crippen LogP contribution >= 0.6 is 0 Å². The minimum Gasteiger partial charge on any atom is -0.265 e. The van der Waals surface area contributed by atoms with E-state index in [1.807, 2.05) is 147 Å². The van der Waals surface area contributed by atoms with Gasteiger partial charge in [-0.25, -0.2) is 29.9 Å². The number of nitrogens with zero attached hydrogens (tertiary/aromatic N) is 12.